The van der Waals surface area contributed by atoms with Crippen LogP contribution in [0.25, 0.3) is 5.69 Å². The molecule has 3 aromatic carbocycles. The second-order valence-electron chi connectivity index (χ2n) is 8.53. The number of aromatic nitrogens is 1. The first-order valence-electron chi connectivity index (χ1n) is 11.7. The predicted octanol–water partition coefficient (Wildman–Crippen LogP) is 5.00. The molecule has 200 valence electrons. The van der Waals surface area contributed by atoms with Crippen molar-refractivity contribution < 1.29 is 18.1 Å². The van der Waals surface area contributed by atoms with Crippen molar-refractivity contribution in [1.82, 2.24) is 9.99 Å². The number of hydrogen-bond donors (Lipinski definition) is 1. The number of hydrazone groups is 1. The third-order valence-corrected chi connectivity index (χ3v) is 7.95. The zero-order chi connectivity index (χ0) is 28.2. The van der Waals surface area contributed by atoms with Crippen LogP contribution in [-0.4, -0.2) is 36.6 Å². The molecule has 0 unspecified atom stereocenters. The van der Waals surface area contributed by atoms with E-state index in [1.807, 2.05) is 36.6 Å². The van der Waals surface area contributed by atoms with Gasteiger partial charge in [0.1, 0.15) is 6.54 Å². The van der Waals surface area contributed by atoms with Crippen molar-refractivity contribution in [3.8, 4) is 5.69 Å². The zero-order valence-corrected chi connectivity index (χ0v) is 22.6. The highest BCUT2D eigenvalue weighted by molar-refractivity contribution is 7.92. The van der Waals surface area contributed by atoms with Gasteiger partial charge in [-0.3, -0.25) is 19.2 Å². The van der Waals surface area contributed by atoms with E-state index in [9.17, 15) is 23.3 Å². The van der Waals surface area contributed by atoms with Crippen LogP contribution in [0.5, 0.6) is 0 Å². The summed E-state index contributed by atoms with van der Waals surface area (Å²) in [5.41, 5.74) is 5.77. The maximum absolute atomic E-state index is 13.4. The summed E-state index contributed by atoms with van der Waals surface area (Å²) in [6, 6.07) is 21.8. The number of non-ortho nitro benzene ring substituents is 1. The highest BCUT2D eigenvalue weighted by Crippen LogP contribution is 2.26. The largest absolute Gasteiger partial charge is 0.318 e. The molecule has 0 spiro atoms. The van der Waals surface area contributed by atoms with Gasteiger partial charge in [-0.15, -0.1) is 0 Å². The zero-order valence-electron chi connectivity index (χ0n) is 21.0. The molecular weight excluding hydrogens is 542 g/mol. The number of carbonyl (C=O) groups excluding carboxylic acids is 1. The minimum Gasteiger partial charge on any atom is -0.318 e. The van der Waals surface area contributed by atoms with E-state index in [1.54, 1.807) is 30.3 Å². The van der Waals surface area contributed by atoms with Crippen LogP contribution in [0.15, 0.2) is 94.9 Å². The number of nitrogens with zero attached hydrogens (tertiary/aromatic N) is 4. The molecule has 0 aliphatic carbocycles. The third-order valence-electron chi connectivity index (χ3n) is 5.91. The van der Waals surface area contributed by atoms with E-state index >= 15 is 0 Å². The number of nitro benzene ring substituents is 1. The van der Waals surface area contributed by atoms with Crippen LogP contribution >= 0.6 is 11.6 Å². The minimum atomic E-state index is -4.16. The standard InChI is InChI=1S/C27H24ClN5O5S/c1-19-16-21(20(2)32(19)24-10-8-22(28)9-11-24)17-29-30-27(34)18-31(23-12-14-25(15-13-23)33(35)36)39(37,38)26-6-4-3-5-7-26/h3-17H,18H2,1-2H3,(H,30,34)/b29-17+. The number of carbonyl (C=O) groups is 1. The molecule has 1 heterocycles. The van der Waals surface area contributed by atoms with Crippen molar-refractivity contribution in [2.75, 3.05) is 10.8 Å². The molecule has 4 aromatic rings. The molecule has 0 radical (unpaired) electrons. The average molecular weight is 566 g/mol. The summed E-state index contributed by atoms with van der Waals surface area (Å²) in [6.07, 6.45) is 1.48. The highest BCUT2D eigenvalue weighted by atomic mass is 35.5. The fourth-order valence-electron chi connectivity index (χ4n) is 4.02. The SMILES string of the molecule is Cc1cc(/C=N/NC(=O)CN(c2ccc([N+](=O)[O-])cc2)S(=O)(=O)c2ccccc2)c(C)n1-c1ccc(Cl)cc1. The molecule has 39 heavy (non-hydrogen) atoms. The number of hydrogen-bond acceptors (Lipinski definition) is 6. The fraction of sp³-hybridized carbons (Fsp3) is 0.111. The lowest BCUT2D eigenvalue weighted by molar-refractivity contribution is -0.384. The number of amides is 1. The Hall–Kier alpha value is -4.48. The number of rotatable bonds is 9. The molecule has 1 aromatic heterocycles. The number of nitrogens with one attached hydrogen (secondary N) is 1. The summed E-state index contributed by atoms with van der Waals surface area (Å²) < 4.78 is 29.7. The van der Waals surface area contributed by atoms with Crippen LogP contribution in [0.2, 0.25) is 5.02 Å². The second kappa shape index (κ2) is 11.5. The molecule has 4 rings (SSSR count). The molecule has 0 saturated carbocycles. The number of anilines is 1. The van der Waals surface area contributed by atoms with Gasteiger partial charge in [0.2, 0.25) is 0 Å². The molecule has 0 atom stereocenters. The molecule has 1 amide bonds. The fourth-order valence-corrected chi connectivity index (χ4v) is 5.59. The molecular formula is C27H24ClN5O5S. The van der Waals surface area contributed by atoms with Crippen molar-refractivity contribution in [2.24, 2.45) is 5.10 Å². The Kier molecular flexibility index (Phi) is 8.12. The lowest BCUT2D eigenvalue weighted by Crippen LogP contribution is -2.39. The molecule has 0 aliphatic rings. The molecule has 1 N–H and O–H groups in total. The summed E-state index contributed by atoms with van der Waals surface area (Å²) in [7, 11) is -4.16. The van der Waals surface area contributed by atoms with E-state index in [2.05, 4.69) is 10.5 Å². The second-order valence-corrected chi connectivity index (χ2v) is 10.8. The van der Waals surface area contributed by atoms with Gasteiger partial charge in [-0.2, -0.15) is 5.10 Å². The Morgan fingerprint density at radius 1 is 1.05 bits per heavy atom. The van der Waals surface area contributed by atoms with Crippen LogP contribution in [-0.2, 0) is 14.8 Å². The lowest BCUT2D eigenvalue weighted by atomic mass is 10.2. The first kappa shape index (κ1) is 27.6. The number of sulfonamides is 1. The summed E-state index contributed by atoms with van der Waals surface area (Å²) in [5, 5.41) is 15.7. The first-order chi connectivity index (χ1) is 18.6. The lowest BCUT2D eigenvalue weighted by Gasteiger charge is -2.23. The molecule has 10 nitrogen and oxygen atoms in total. The summed E-state index contributed by atoms with van der Waals surface area (Å²) in [6.45, 7) is 3.25. The van der Waals surface area contributed by atoms with Gasteiger partial charge >= 0.3 is 0 Å². The minimum absolute atomic E-state index is 0.0331. The number of nitro groups is 1. The highest BCUT2D eigenvalue weighted by Gasteiger charge is 2.27. The van der Waals surface area contributed by atoms with Gasteiger partial charge < -0.3 is 4.57 Å². The predicted molar refractivity (Wildman–Crippen MR) is 150 cm³/mol. The Morgan fingerprint density at radius 3 is 2.31 bits per heavy atom. The summed E-state index contributed by atoms with van der Waals surface area (Å²) in [5.74, 6) is -0.699. The van der Waals surface area contributed by atoms with Gasteiger partial charge in [0.15, 0.2) is 0 Å². The quantitative estimate of drug-likeness (QED) is 0.173. The van der Waals surface area contributed by atoms with Crippen LogP contribution in [0, 0.1) is 24.0 Å². The van der Waals surface area contributed by atoms with E-state index in [0.717, 1.165) is 26.9 Å². The van der Waals surface area contributed by atoms with Crippen molar-refractivity contribution in [1.29, 1.82) is 0 Å². The van der Waals surface area contributed by atoms with Gasteiger partial charge in [0.25, 0.3) is 21.6 Å². The van der Waals surface area contributed by atoms with E-state index in [0.29, 0.717) is 5.02 Å². The van der Waals surface area contributed by atoms with Crippen LogP contribution in [0.4, 0.5) is 11.4 Å². The van der Waals surface area contributed by atoms with Crippen molar-refractivity contribution in [3.63, 3.8) is 0 Å². The Bertz CT molecular complexity index is 1630. The van der Waals surface area contributed by atoms with E-state index in [-0.39, 0.29) is 16.3 Å². The monoisotopic (exact) mass is 565 g/mol. The Balaban J connectivity index is 1.55. The Labute approximate surface area is 230 Å². The van der Waals surface area contributed by atoms with E-state index in [1.165, 1.54) is 42.6 Å². The van der Waals surface area contributed by atoms with E-state index < -0.39 is 27.4 Å². The molecule has 0 saturated heterocycles. The molecule has 0 aliphatic heterocycles. The smallest absolute Gasteiger partial charge is 0.269 e. The molecule has 0 bridgehead atoms. The summed E-state index contributed by atoms with van der Waals surface area (Å²) >= 11 is 6.00. The first-order valence-corrected chi connectivity index (χ1v) is 13.5. The van der Waals surface area contributed by atoms with Crippen molar-refractivity contribution in [2.45, 2.75) is 18.7 Å². The van der Waals surface area contributed by atoms with Gasteiger partial charge in [-0.25, -0.2) is 13.8 Å². The van der Waals surface area contributed by atoms with Crippen LogP contribution in [0.3, 0.4) is 0 Å². The van der Waals surface area contributed by atoms with Crippen molar-refractivity contribution >= 4 is 45.1 Å². The average Bonchev–Trinajstić information content (AvgIpc) is 3.20. The maximum atomic E-state index is 13.4. The van der Waals surface area contributed by atoms with E-state index in [4.69, 9.17) is 11.6 Å². The number of halogens is 1. The van der Waals surface area contributed by atoms with Gasteiger partial charge in [-0.1, -0.05) is 29.8 Å². The maximum Gasteiger partial charge on any atom is 0.269 e. The molecule has 0 fully saturated rings. The number of aryl methyl sites for hydroxylation is 1. The van der Waals surface area contributed by atoms with Gasteiger partial charge in [0, 0.05) is 39.8 Å². The normalized spacial score (nSPS) is 11.5. The van der Waals surface area contributed by atoms with Gasteiger partial charge in [0.05, 0.1) is 21.7 Å². The molecule has 12 heteroatoms. The van der Waals surface area contributed by atoms with Crippen LogP contribution in [0.1, 0.15) is 17.0 Å². The van der Waals surface area contributed by atoms with Crippen molar-refractivity contribution in [3.05, 3.63) is 117 Å². The summed E-state index contributed by atoms with van der Waals surface area (Å²) in [4.78, 5) is 23.2. The topological polar surface area (TPSA) is 127 Å². The third kappa shape index (κ3) is 6.16. The van der Waals surface area contributed by atoms with Gasteiger partial charge in [-0.05, 0) is 68.4 Å². The number of benzene rings is 3. The van der Waals surface area contributed by atoms with Crippen LogP contribution < -0.4 is 9.73 Å². The Morgan fingerprint density at radius 2 is 1.69 bits per heavy atom.